The van der Waals surface area contributed by atoms with Crippen molar-refractivity contribution in [2.24, 2.45) is 0 Å². The van der Waals surface area contributed by atoms with Gasteiger partial charge in [0, 0.05) is 37.1 Å². The molecule has 4 aromatic rings. The molecule has 0 radical (unpaired) electrons. The molecule has 1 fully saturated rings. The average molecular weight is 439 g/mol. The second kappa shape index (κ2) is 9.79. The van der Waals surface area contributed by atoms with Crippen molar-refractivity contribution in [3.63, 3.8) is 0 Å². The zero-order chi connectivity index (χ0) is 22.5. The largest absolute Gasteiger partial charge is 0.355 e. The van der Waals surface area contributed by atoms with E-state index >= 15 is 0 Å². The number of aromatic nitrogens is 2. The summed E-state index contributed by atoms with van der Waals surface area (Å²) in [5, 5.41) is 6.88. The molecule has 1 saturated heterocycles. The summed E-state index contributed by atoms with van der Waals surface area (Å²) in [7, 11) is 0. The fraction of sp³-hybridized carbons (Fsp3) is 0.222. The number of benzene rings is 2. The van der Waals surface area contributed by atoms with Crippen molar-refractivity contribution in [1.29, 1.82) is 0 Å². The number of carbonyl (C=O) groups is 1. The van der Waals surface area contributed by atoms with Crippen LogP contribution >= 0.6 is 0 Å². The van der Waals surface area contributed by atoms with Crippen molar-refractivity contribution in [1.82, 2.24) is 20.4 Å². The first-order valence-corrected chi connectivity index (χ1v) is 11.3. The molecule has 1 amide bonds. The molecule has 0 saturated carbocycles. The molecule has 2 aromatic heterocycles. The van der Waals surface area contributed by atoms with Gasteiger partial charge in [0.1, 0.15) is 0 Å². The van der Waals surface area contributed by atoms with Crippen LogP contribution in [0.2, 0.25) is 0 Å². The summed E-state index contributed by atoms with van der Waals surface area (Å²) in [4.78, 5) is 19.2. The molecule has 1 aliphatic rings. The van der Waals surface area contributed by atoms with Crippen LogP contribution in [0.3, 0.4) is 0 Å². The summed E-state index contributed by atoms with van der Waals surface area (Å²) in [5.74, 6) is 0.243. The predicted octanol–water partition coefficient (Wildman–Crippen LogP) is 4.93. The first kappa shape index (κ1) is 21.1. The summed E-state index contributed by atoms with van der Waals surface area (Å²) in [6.45, 7) is 3.80. The second-order valence-corrected chi connectivity index (χ2v) is 8.34. The van der Waals surface area contributed by atoms with Gasteiger partial charge < -0.3 is 9.84 Å². The van der Waals surface area contributed by atoms with E-state index in [4.69, 9.17) is 4.52 Å². The highest BCUT2D eigenvalue weighted by Crippen LogP contribution is 2.25. The second-order valence-electron chi connectivity index (χ2n) is 8.34. The Labute approximate surface area is 193 Å². The summed E-state index contributed by atoms with van der Waals surface area (Å²) in [6.07, 6.45) is 5.97. The molecular weight excluding hydrogens is 412 g/mol. The molecule has 0 aliphatic carbocycles. The highest BCUT2D eigenvalue weighted by molar-refractivity contribution is 5.93. The van der Waals surface area contributed by atoms with Crippen molar-refractivity contribution in [3.05, 3.63) is 95.9 Å². The Morgan fingerprint density at radius 3 is 2.58 bits per heavy atom. The molecule has 166 valence electrons. The van der Waals surface area contributed by atoms with Crippen molar-refractivity contribution in [3.8, 4) is 22.5 Å². The molecule has 5 rings (SSSR count). The SMILES string of the molecule is O=C(NCc1ccccc1-c1ccc(CN2CCCC2)cc1)c1cc(-c2cccnc2)on1. The summed E-state index contributed by atoms with van der Waals surface area (Å²) < 4.78 is 5.32. The van der Waals surface area contributed by atoms with E-state index in [1.165, 1.54) is 31.5 Å². The van der Waals surface area contributed by atoms with Crippen LogP contribution in [0.25, 0.3) is 22.5 Å². The van der Waals surface area contributed by atoms with E-state index in [1.807, 2.05) is 30.3 Å². The van der Waals surface area contributed by atoms with Gasteiger partial charge in [0.2, 0.25) is 0 Å². The Morgan fingerprint density at radius 1 is 0.970 bits per heavy atom. The Bertz CT molecular complexity index is 1210. The standard InChI is InChI=1S/C27H26N4O2/c32-27(25-16-26(33-30-25)23-7-5-13-28-17-23)29-18-22-6-1-2-8-24(22)21-11-9-20(10-12-21)19-31-14-3-4-15-31/h1-2,5-13,16-17H,3-4,14-15,18-19H2,(H,29,32). The van der Waals surface area contributed by atoms with Gasteiger partial charge in [-0.15, -0.1) is 0 Å². The fourth-order valence-corrected chi connectivity index (χ4v) is 4.24. The van der Waals surface area contributed by atoms with E-state index in [9.17, 15) is 4.79 Å². The van der Waals surface area contributed by atoms with Gasteiger partial charge in [0.25, 0.3) is 5.91 Å². The van der Waals surface area contributed by atoms with Crippen molar-refractivity contribution in [2.45, 2.75) is 25.9 Å². The van der Waals surface area contributed by atoms with Gasteiger partial charge in [0.05, 0.1) is 0 Å². The maximum atomic E-state index is 12.7. The number of nitrogens with zero attached hydrogens (tertiary/aromatic N) is 3. The number of nitrogens with one attached hydrogen (secondary N) is 1. The molecule has 0 spiro atoms. The van der Waals surface area contributed by atoms with Crippen molar-refractivity contribution < 1.29 is 9.32 Å². The molecule has 0 atom stereocenters. The van der Waals surface area contributed by atoms with Gasteiger partial charge >= 0.3 is 0 Å². The number of carbonyl (C=O) groups excluding carboxylic acids is 1. The number of hydrogen-bond donors (Lipinski definition) is 1. The maximum absolute atomic E-state index is 12.7. The fourth-order valence-electron chi connectivity index (χ4n) is 4.24. The summed E-state index contributed by atoms with van der Waals surface area (Å²) in [6, 6.07) is 22.2. The lowest BCUT2D eigenvalue weighted by molar-refractivity contribution is 0.0942. The van der Waals surface area contributed by atoms with E-state index in [0.717, 1.165) is 28.8 Å². The highest BCUT2D eigenvalue weighted by atomic mass is 16.5. The molecule has 3 heterocycles. The van der Waals surface area contributed by atoms with Crippen LogP contribution in [0.4, 0.5) is 0 Å². The minimum absolute atomic E-state index is 0.248. The zero-order valence-electron chi connectivity index (χ0n) is 18.4. The number of rotatable bonds is 7. The van der Waals surface area contributed by atoms with Gasteiger partial charge in [0.15, 0.2) is 11.5 Å². The van der Waals surface area contributed by atoms with E-state index in [-0.39, 0.29) is 11.6 Å². The molecule has 2 aromatic carbocycles. The predicted molar refractivity (Wildman–Crippen MR) is 127 cm³/mol. The van der Waals surface area contributed by atoms with Crippen LogP contribution in [-0.4, -0.2) is 34.0 Å². The lowest BCUT2D eigenvalue weighted by Gasteiger charge is -2.15. The maximum Gasteiger partial charge on any atom is 0.273 e. The molecule has 1 aliphatic heterocycles. The first-order valence-electron chi connectivity index (χ1n) is 11.3. The van der Waals surface area contributed by atoms with Crippen molar-refractivity contribution in [2.75, 3.05) is 13.1 Å². The topological polar surface area (TPSA) is 71.3 Å². The van der Waals surface area contributed by atoms with E-state index in [2.05, 4.69) is 50.7 Å². The number of hydrogen-bond acceptors (Lipinski definition) is 5. The normalized spacial score (nSPS) is 13.8. The van der Waals surface area contributed by atoms with Crippen LogP contribution in [0.5, 0.6) is 0 Å². The van der Waals surface area contributed by atoms with Gasteiger partial charge in [-0.1, -0.05) is 53.7 Å². The lowest BCUT2D eigenvalue weighted by Crippen LogP contribution is -2.23. The molecule has 1 N–H and O–H groups in total. The molecule has 6 nitrogen and oxygen atoms in total. The third-order valence-corrected chi connectivity index (χ3v) is 6.02. The Hall–Kier alpha value is -3.77. The molecule has 0 bridgehead atoms. The van der Waals surface area contributed by atoms with Crippen molar-refractivity contribution >= 4 is 5.91 Å². The van der Waals surface area contributed by atoms with Crippen LogP contribution in [0, 0.1) is 0 Å². The van der Waals surface area contributed by atoms with Gasteiger partial charge in [-0.2, -0.15) is 0 Å². The average Bonchev–Trinajstić information content (AvgIpc) is 3.57. The van der Waals surface area contributed by atoms with Crippen LogP contribution < -0.4 is 5.32 Å². The van der Waals surface area contributed by atoms with E-state index in [0.29, 0.717) is 12.3 Å². The Morgan fingerprint density at radius 2 is 1.79 bits per heavy atom. The molecular formula is C27H26N4O2. The number of pyridine rings is 1. The molecule has 6 heteroatoms. The van der Waals surface area contributed by atoms with Gasteiger partial charge in [-0.3, -0.25) is 14.7 Å². The molecule has 0 unspecified atom stereocenters. The Balaban J connectivity index is 1.26. The lowest BCUT2D eigenvalue weighted by atomic mass is 9.98. The van der Waals surface area contributed by atoms with Gasteiger partial charge in [-0.05, 0) is 60.3 Å². The van der Waals surface area contributed by atoms with Crippen LogP contribution in [0.15, 0.2) is 83.6 Å². The van der Waals surface area contributed by atoms with Crippen LogP contribution in [-0.2, 0) is 13.1 Å². The van der Waals surface area contributed by atoms with E-state index < -0.39 is 0 Å². The highest BCUT2D eigenvalue weighted by Gasteiger charge is 2.15. The Kier molecular flexibility index (Phi) is 6.26. The first-order chi connectivity index (χ1) is 16.3. The number of amides is 1. The third kappa shape index (κ3) is 5.02. The smallest absolute Gasteiger partial charge is 0.273 e. The monoisotopic (exact) mass is 438 g/mol. The third-order valence-electron chi connectivity index (χ3n) is 6.02. The number of likely N-dealkylation sites (tertiary alicyclic amines) is 1. The minimum Gasteiger partial charge on any atom is -0.355 e. The van der Waals surface area contributed by atoms with Gasteiger partial charge in [-0.25, -0.2) is 0 Å². The summed E-state index contributed by atoms with van der Waals surface area (Å²) >= 11 is 0. The summed E-state index contributed by atoms with van der Waals surface area (Å²) in [5.41, 5.74) is 5.67. The minimum atomic E-state index is -0.273. The van der Waals surface area contributed by atoms with Crippen LogP contribution in [0.1, 0.15) is 34.5 Å². The zero-order valence-corrected chi connectivity index (χ0v) is 18.4. The van der Waals surface area contributed by atoms with E-state index in [1.54, 1.807) is 18.5 Å². The quantitative estimate of drug-likeness (QED) is 0.443. The molecule has 33 heavy (non-hydrogen) atoms.